The maximum Gasteiger partial charge on any atom is 0.268 e. The van der Waals surface area contributed by atoms with Gasteiger partial charge < -0.3 is 0 Å². The molecule has 0 saturated carbocycles. The van der Waals surface area contributed by atoms with Crippen LogP contribution in [-0.2, 0) is 0 Å². The third kappa shape index (κ3) is 2.54. The number of hydrogen-bond acceptors (Lipinski definition) is 4. The summed E-state index contributed by atoms with van der Waals surface area (Å²) in [5, 5.41) is 13.2. The second-order valence-corrected chi connectivity index (χ2v) is 4.44. The summed E-state index contributed by atoms with van der Waals surface area (Å²) in [5.74, 6) is 0. The molecule has 5 heteroatoms. The van der Waals surface area contributed by atoms with Gasteiger partial charge in [0.1, 0.15) is 0 Å². The second-order valence-electron chi connectivity index (χ2n) is 3.84. The molecule has 0 radical (unpaired) electrons. The van der Waals surface area contributed by atoms with Crippen LogP contribution in [0.4, 0.5) is 0 Å². The normalized spacial score (nSPS) is 21.1. The summed E-state index contributed by atoms with van der Waals surface area (Å²) in [5.41, 5.74) is 0.0874. The van der Waals surface area contributed by atoms with Crippen LogP contribution < -0.4 is 0 Å². The van der Waals surface area contributed by atoms with E-state index in [1.165, 1.54) is 0 Å². The first-order valence-electron chi connectivity index (χ1n) is 3.44. The monoisotopic (exact) mass is 174 g/mol. The van der Waals surface area contributed by atoms with Gasteiger partial charge in [-0.25, -0.2) is 0 Å². The van der Waals surface area contributed by atoms with E-state index in [-0.39, 0.29) is 5.41 Å². The first-order valence-corrected chi connectivity index (χ1v) is 3.82. The topological polar surface area (TPSA) is 49.4 Å². The Bertz CT molecular complexity index is 191. The Morgan fingerprint density at radius 1 is 1.18 bits per heavy atom. The van der Waals surface area contributed by atoms with Crippen LogP contribution in [0.5, 0.6) is 0 Å². The fourth-order valence-electron chi connectivity index (χ4n) is 0.943. The number of hydrogen-bond donors (Lipinski definition) is 0. The molecule has 0 unspecified atom stereocenters. The van der Waals surface area contributed by atoms with Crippen molar-refractivity contribution >= 4 is 11.6 Å². The Morgan fingerprint density at radius 2 is 1.64 bits per heavy atom. The third-order valence-corrected chi connectivity index (χ3v) is 1.48. The summed E-state index contributed by atoms with van der Waals surface area (Å²) in [6.45, 7) is 6.21. The molecule has 1 aliphatic heterocycles. The zero-order chi connectivity index (χ0) is 8.54. The summed E-state index contributed by atoms with van der Waals surface area (Å²) in [4.78, 5) is 0. The minimum absolute atomic E-state index is 0.0874. The summed E-state index contributed by atoms with van der Waals surface area (Å²) in [7, 11) is 0. The first-order chi connectivity index (χ1) is 4.91. The third-order valence-electron chi connectivity index (χ3n) is 1.19. The molecule has 0 spiro atoms. The second kappa shape index (κ2) is 2.52. The van der Waals surface area contributed by atoms with E-state index in [4.69, 9.17) is 11.6 Å². The Kier molecular flexibility index (Phi) is 1.96. The highest BCUT2D eigenvalue weighted by molar-refractivity contribution is 6.23. The maximum absolute atomic E-state index is 5.93. The Balaban J connectivity index is 2.62. The predicted octanol–water partition coefficient (Wildman–Crippen LogP) is 3.15. The lowest BCUT2D eigenvalue weighted by Gasteiger charge is -2.22. The summed E-state index contributed by atoms with van der Waals surface area (Å²) in [6, 6.07) is 0. The number of rotatable bonds is 1. The van der Waals surface area contributed by atoms with Crippen molar-refractivity contribution < 1.29 is 0 Å². The van der Waals surface area contributed by atoms with Crippen LogP contribution in [-0.4, -0.2) is 5.12 Å². The average molecular weight is 175 g/mol. The zero-order valence-electron chi connectivity index (χ0n) is 6.87. The van der Waals surface area contributed by atoms with E-state index in [2.05, 4.69) is 41.4 Å². The molecule has 0 aliphatic carbocycles. The summed E-state index contributed by atoms with van der Waals surface area (Å²) in [6.07, 6.45) is 0.647. The van der Waals surface area contributed by atoms with Gasteiger partial charge in [-0.05, 0) is 15.9 Å². The molecule has 0 fully saturated rings. The number of nitrogens with zero attached hydrogens (tertiary/aromatic N) is 4. The summed E-state index contributed by atoms with van der Waals surface area (Å²) >= 11 is 5.93. The Morgan fingerprint density at radius 3 is 2.00 bits per heavy atom. The zero-order valence-corrected chi connectivity index (χ0v) is 7.63. The molecule has 0 aromatic carbocycles. The van der Waals surface area contributed by atoms with Crippen LogP contribution in [0.1, 0.15) is 27.2 Å². The fourth-order valence-corrected chi connectivity index (χ4v) is 1.41. The van der Waals surface area contributed by atoms with Crippen molar-refractivity contribution in [2.45, 2.75) is 32.3 Å². The Labute approximate surface area is 70.7 Å². The molecule has 0 N–H and O–H groups in total. The van der Waals surface area contributed by atoms with Crippen LogP contribution >= 0.6 is 11.6 Å². The van der Waals surface area contributed by atoms with E-state index in [9.17, 15) is 0 Å². The molecule has 0 aromatic heterocycles. The lowest BCUT2D eigenvalue weighted by Crippen LogP contribution is -2.21. The van der Waals surface area contributed by atoms with Gasteiger partial charge in [-0.1, -0.05) is 32.4 Å². The van der Waals surface area contributed by atoms with Crippen molar-refractivity contribution in [3.63, 3.8) is 0 Å². The molecule has 0 amide bonds. The van der Waals surface area contributed by atoms with E-state index in [0.717, 1.165) is 0 Å². The van der Waals surface area contributed by atoms with E-state index >= 15 is 0 Å². The molecule has 11 heavy (non-hydrogen) atoms. The first kappa shape index (κ1) is 8.59. The van der Waals surface area contributed by atoms with Gasteiger partial charge in [0, 0.05) is 6.42 Å². The van der Waals surface area contributed by atoms with Gasteiger partial charge in [0.15, 0.2) is 0 Å². The van der Waals surface area contributed by atoms with Crippen LogP contribution in [0.2, 0.25) is 0 Å². The molecule has 1 aliphatic rings. The SMILES string of the molecule is CC(C)(C)CC1(Cl)N=NN=N1. The summed E-state index contributed by atoms with van der Waals surface area (Å²) < 4.78 is 0. The Hall–Kier alpha value is -0.510. The molecule has 62 valence electrons. The van der Waals surface area contributed by atoms with Crippen molar-refractivity contribution in [3.8, 4) is 0 Å². The van der Waals surface area contributed by atoms with Gasteiger partial charge in [-0.3, -0.25) is 0 Å². The molecule has 0 atom stereocenters. The number of alkyl halides is 1. The van der Waals surface area contributed by atoms with E-state index in [1.807, 2.05) is 0 Å². The van der Waals surface area contributed by atoms with Crippen LogP contribution in [0, 0.1) is 5.41 Å². The van der Waals surface area contributed by atoms with E-state index < -0.39 is 5.12 Å². The minimum Gasteiger partial charge on any atom is -0.118 e. The van der Waals surface area contributed by atoms with Crippen molar-refractivity contribution in [2.75, 3.05) is 0 Å². The molecule has 1 rings (SSSR count). The molecule has 1 heterocycles. The minimum atomic E-state index is -0.932. The highest BCUT2D eigenvalue weighted by Crippen LogP contribution is 2.36. The molecule has 4 nitrogen and oxygen atoms in total. The molecule has 0 saturated heterocycles. The fraction of sp³-hybridized carbons (Fsp3) is 1.00. The largest absolute Gasteiger partial charge is 0.268 e. The van der Waals surface area contributed by atoms with Gasteiger partial charge >= 0.3 is 0 Å². The lowest BCUT2D eigenvalue weighted by atomic mass is 9.91. The van der Waals surface area contributed by atoms with Gasteiger partial charge in [0.05, 0.1) is 0 Å². The van der Waals surface area contributed by atoms with Gasteiger partial charge in [-0.15, -0.1) is 10.2 Å². The van der Waals surface area contributed by atoms with Gasteiger partial charge in [-0.2, -0.15) is 0 Å². The maximum atomic E-state index is 5.93. The highest BCUT2D eigenvalue weighted by Gasteiger charge is 2.34. The van der Waals surface area contributed by atoms with Crippen molar-refractivity contribution in [2.24, 2.45) is 26.1 Å². The van der Waals surface area contributed by atoms with Gasteiger partial charge in [0.25, 0.3) is 5.12 Å². The van der Waals surface area contributed by atoms with Crippen LogP contribution in [0.25, 0.3) is 0 Å². The average Bonchev–Trinajstić information content (AvgIpc) is 2.09. The standard InChI is InChI=1S/C6H11ClN4/c1-5(2,3)4-6(7)8-10-11-9-6/h4H2,1-3H3. The molecule has 0 aromatic rings. The van der Waals surface area contributed by atoms with Gasteiger partial charge in [0.2, 0.25) is 0 Å². The van der Waals surface area contributed by atoms with Crippen molar-refractivity contribution in [3.05, 3.63) is 0 Å². The number of halogens is 1. The van der Waals surface area contributed by atoms with E-state index in [0.29, 0.717) is 6.42 Å². The van der Waals surface area contributed by atoms with E-state index in [1.54, 1.807) is 0 Å². The lowest BCUT2D eigenvalue weighted by molar-refractivity contribution is 0.321. The predicted molar refractivity (Wildman–Crippen MR) is 42.4 cm³/mol. The van der Waals surface area contributed by atoms with Crippen molar-refractivity contribution in [1.29, 1.82) is 0 Å². The molecular weight excluding hydrogens is 164 g/mol. The molecular formula is C6H11ClN4. The molecule has 0 bridgehead atoms. The van der Waals surface area contributed by atoms with Crippen LogP contribution in [0.3, 0.4) is 0 Å². The van der Waals surface area contributed by atoms with Crippen LogP contribution in [0.15, 0.2) is 20.7 Å². The van der Waals surface area contributed by atoms with Crippen molar-refractivity contribution in [1.82, 2.24) is 0 Å². The smallest absolute Gasteiger partial charge is 0.118 e. The quantitative estimate of drug-likeness (QED) is 0.433. The highest BCUT2D eigenvalue weighted by atomic mass is 35.5.